The van der Waals surface area contributed by atoms with Gasteiger partial charge in [-0.2, -0.15) is 0 Å². The largest absolute Gasteiger partial charge is 0.335 e. The molecular formula is C23H25FN4OS. The molecule has 1 aliphatic rings. The third kappa shape index (κ3) is 5.08. The summed E-state index contributed by atoms with van der Waals surface area (Å²) >= 11 is 1.40. The molecule has 0 saturated heterocycles. The molecule has 1 heterocycles. The summed E-state index contributed by atoms with van der Waals surface area (Å²) in [5.41, 5.74) is 1.92. The Kier molecular flexibility index (Phi) is 6.79. The first kappa shape index (κ1) is 20.6. The van der Waals surface area contributed by atoms with E-state index in [1.54, 1.807) is 18.5 Å². The third-order valence-electron chi connectivity index (χ3n) is 5.48. The second kappa shape index (κ2) is 9.89. The maximum absolute atomic E-state index is 13.3. The Morgan fingerprint density at radius 2 is 1.80 bits per heavy atom. The van der Waals surface area contributed by atoms with E-state index in [0.717, 1.165) is 36.9 Å². The first-order valence-electron chi connectivity index (χ1n) is 10.3. The van der Waals surface area contributed by atoms with Gasteiger partial charge in [-0.3, -0.25) is 9.36 Å². The van der Waals surface area contributed by atoms with Crippen molar-refractivity contribution in [3.8, 4) is 5.69 Å². The molecule has 2 aromatic carbocycles. The molecule has 1 saturated carbocycles. The lowest BCUT2D eigenvalue weighted by molar-refractivity contribution is -0.132. The Labute approximate surface area is 180 Å². The van der Waals surface area contributed by atoms with Crippen LogP contribution in [0.25, 0.3) is 5.69 Å². The SMILES string of the molecule is O=C(CSc1nncn1-c1ccccc1)N(Cc1ccc(F)cc1)C1CCCCC1. The van der Waals surface area contributed by atoms with Crippen molar-refractivity contribution in [3.63, 3.8) is 0 Å². The molecule has 1 amide bonds. The van der Waals surface area contributed by atoms with Gasteiger partial charge in [0, 0.05) is 18.3 Å². The molecule has 4 rings (SSSR count). The van der Waals surface area contributed by atoms with Gasteiger partial charge in [0.05, 0.1) is 5.75 Å². The van der Waals surface area contributed by atoms with Crippen molar-refractivity contribution in [2.45, 2.75) is 49.8 Å². The van der Waals surface area contributed by atoms with Crippen LogP contribution in [-0.2, 0) is 11.3 Å². The fraction of sp³-hybridized carbons (Fsp3) is 0.348. The number of nitrogens with zero attached hydrogens (tertiary/aromatic N) is 4. The third-order valence-corrected chi connectivity index (χ3v) is 6.41. The number of carbonyl (C=O) groups excluding carboxylic acids is 1. The fourth-order valence-electron chi connectivity index (χ4n) is 3.90. The van der Waals surface area contributed by atoms with Gasteiger partial charge in [0.15, 0.2) is 5.16 Å². The van der Waals surface area contributed by atoms with Crippen LogP contribution in [0.1, 0.15) is 37.7 Å². The highest BCUT2D eigenvalue weighted by molar-refractivity contribution is 7.99. The van der Waals surface area contributed by atoms with Crippen molar-refractivity contribution >= 4 is 17.7 Å². The van der Waals surface area contributed by atoms with Crippen LogP contribution < -0.4 is 0 Å². The number of aromatic nitrogens is 3. The highest BCUT2D eigenvalue weighted by Crippen LogP contribution is 2.26. The minimum absolute atomic E-state index is 0.0823. The molecule has 0 bridgehead atoms. The zero-order chi connectivity index (χ0) is 20.8. The molecule has 0 spiro atoms. The topological polar surface area (TPSA) is 51.0 Å². The lowest BCUT2D eigenvalue weighted by atomic mass is 9.94. The Morgan fingerprint density at radius 1 is 1.07 bits per heavy atom. The quantitative estimate of drug-likeness (QED) is 0.508. The van der Waals surface area contributed by atoms with Crippen LogP contribution in [-0.4, -0.2) is 37.4 Å². The molecule has 5 nitrogen and oxygen atoms in total. The molecule has 0 radical (unpaired) electrons. The number of thioether (sulfide) groups is 1. The summed E-state index contributed by atoms with van der Waals surface area (Å²) in [6, 6.07) is 16.5. The van der Waals surface area contributed by atoms with E-state index in [2.05, 4.69) is 10.2 Å². The zero-order valence-corrected chi connectivity index (χ0v) is 17.6. The number of carbonyl (C=O) groups is 1. The van der Waals surface area contributed by atoms with Crippen molar-refractivity contribution in [2.24, 2.45) is 0 Å². The molecule has 7 heteroatoms. The van der Waals surface area contributed by atoms with E-state index in [1.165, 1.54) is 30.3 Å². The predicted octanol–water partition coefficient (Wildman–Crippen LogP) is 4.86. The molecule has 1 aromatic heterocycles. The van der Waals surface area contributed by atoms with Gasteiger partial charge in [0.25, 0.3) is 0 Å². The summed E-state index contributed by atoms with van der Waals surface area (Å²) in [5, 5.41) is 8.91. The van der Waals surface area contributed by atoms with Crippen LogP contribution in [0.4, 0.5) is 4.39 Å². The molecule has 1 fully saturated rings. The van der Waals surface area contributed by atoms with E-state index < -0.39 is 0 Å². The monoisotopic (exact) mass is 424 g/mol. The van der Waals surface area contributed by atoms with Crippen LogP contribution in [0.15, 0.2) is 66.1 Å². The number of hydrogen-bond donors (Lipinski definition) is 0. The lowest BCUT2D eigenvalue weighted by Crippen LogP contribution is -2.42. The number of amides is 1. The Morgan fingerprint density at radius 3 is 2.53 bits per heavy atom. The van der Waals surface area contributed by atoms with Crippen molar-refractivity contribution < 1.29 is 9.18 Å². The normalized spacial score (nSPS) is 14.6. The van der Waals surface area contributed by atoms with Gasteiger partial charge < -0.3 is 4.90 Å². The maximum atomic E-state index is 13.3. The van der Waals surface area contributed by atoms with Gasteiger partial charge in [-0.05, 0) is 42.7 Å². The Hall–Kier alpha value is -2.67. The van der Waals surface area contributed by atoms with Crippen LogP contribution in [0.3, 0.4) is 0 Å². The predicted molar refractivity (Wildman–Crippen MR) is 116 cm³/mol. The first-order valence-corrected chi connectivity index (χ1v) is 11.3. The van der Waals surface area contributed by atoms with Crippen molar-refractivity contribution in [2.75, 3.05) is 5.75 Å². The highest BCUT2D eigenvalue weighted by atomic mass is 32.2. The molecule has 0 atom stereocenters. The maximum Gasteiger partial charge on any atom is 0.233 e. The summed E-state index contributed by atoms with van der Waals surface area (Å²) in [6.45, 7) is 0.510. The van der Waals surface area contributed by atoms with Crippen LogP contribution in [0.5, 0.6) is 0 Å². The van der Waals surface area contributed by atoms with Gasteiger partial charge >= 0.3 is 0 Å². The fourth-order valence-corrected chi connectivity index (χ4v) is 4.71. The second-order valence-electron chi connectivity index (χ2n) is 7.55. The van der Waals surface area contributed by atoms with E-state index in [4.69, 9.17) is 0 Å². The molecular weight excluding hydrogens is 399 g/mol. The lowest BCUT2D eigenvalue weighted by Gasteiger charge is -2.34. The van der Waals surface area contributed by atoms with Gasteiger partial charge in [-0.25, -0.2) is 4.39 Å². The molecule has 30 heavy (non-hydrogen) atoms. The molecule has 3 aromatic rings. The summed E-state index contributed by atoms with van der Waals surface area (Å²) in [6.07, 6.45) is 7.24. The average molecular weight is 425 g/mol. The number of benzene rings is 2. The smallest absolute Gasteiger partial charge is 0.233 e. The van der Waals surface area contributed by atoms with E-state index in [0.29, 0.717) is 17.5 Å². The average Bonchev–Trinajstić information content (AvgIpc) is 3.27. The van der Waals surface area contributed by atoms with Gasteiger partial charge in [-0.1, -0.05) is 61.4 Å². The molecule has 0 aliphatic heterocycles. The molecule has 0 N–H and O–H groups in total. The molecule has 1 aliphatic carbocycles. The van der Waals surface area contributed by atoms with Gasteiger partial charge in [0.2, 0.25) is 5.91 Å². The van der Waals surface area contributed by atoms with Crippen LogP contribution in [0, 0.1) is 5.82 Å². The summed E-state index contributed by atoms with van der Waals surface area (Å²) in [4.78, 5) is 15.2. The van der Waals surface area contributed by atoms with Crippen molar-refractivity contribution in [1.82, 2.24) is 19.7 Å². The van der Waals surface area contributed by atoms with Crippen LogP contribution in [0.2, 0.25) is 0 Å². The van der Waals surface area contributed by atoms with Gasteiger partial charge in [-0.15, -0.1) is 10.2 Å². The van der Waals surface area contributed by atoms with E-state index in [9.17, 15) is 9.18 Å². The van der Waals surface area contributed by atoms with Gasteiger partial charge in [0.1, 0.15) is 12.1 Å². The Balaban J connectivity index is 1.47. The van der Waals surface area contributed by atoms with E-state index in [1.807, 2.05) is 39.8 Å². The van der Waals surface area contributed by atoms with Crippen molar-refractivity contribution in [3.05, 3.63) is 72.3 Å². The van der Waals surface area contributed by atoms with E-state index >= 15 is 0 Å². The summed E-state index contributed by atoms with van der Waals surface area (Å²) in [5.74, 6) is 0.118. The highest BCUT2D eigenvalue weighted by Gasteiger charge is 2.26. The summed E-state index contributed by atoms with van der Waals surface area (Å²) in [7, 11) is 0. The van der Waals surface area contributed by atoms with E-state index in [-0.39, 0.29) is 17.8 Å². The standard InChI is InChI=1S/C23H25FN4OS/c24-19-13-11-18(12-14-19)15-27(20-7-3-1-4-8-20)22(29)16-30-23-26-25-17-28(23)21-9-5-2-6-10-21/h2,5-6,9-14,17,20H,1,3-4,7-8,15-16H2. The number of hydrogen-bond acceptors (Lipinski definition) is 4. The number of para-hydroxylation sites is 1. The Bertz CT molecular complexity index is 955. The number of halogens is 1. The van der Waals surface area contributed by atoms with Crippen LogP contribution >= 0.6 is 11.8 Å². The first-order chi connectivity index (χ1) is 14.7. The zero-order valence-electron chi connectivity index (χ0n) is 16.8. The minimum atomic E-state index is -0.259. The summed E-state index contributed by atoms with van der Waals surface area (Å²) < 4.78 is 15.2. The molecule has 156 valence electrons. The number of rotatable bonds is 7. The van der Waals surface area contributed by atoms with Crippen molar-refractivity contribution in [1.29, 1.82) is 0 Å². The molecule has 0 unspecified atom stereocenters. The second-order valence-corrected chi connectivity index (χ2v) is 8.49. The minimum Gasteiger partial charge on any atom is -0.335 e.